The third-order valence-electron chi connectivity index (χ3n) is 7.58. The molecule has 0 unspecified atom stereocenters. The van der Waals surface area contributed by atoms with Crippen LogP contribution in [0.2, 0.25) is 0 Å². The number of ether oxygens (including phenoxy) is 3. The zero-order valence-electron chi connectivity index (χ0n) is 23.9. The molecule has 0 radical (unpaired) electrons. The van der Waals surface area contributed by atoms with E-state index >= 15 is 0 Å². The number of amides is 1. The molecule has 2 aromatic rings. The number of sulfonamides is 1. The first kappa shape index (κ1) is 32.8. The SMILES string of the molecule is COc1ccc(S(=O)(=O)N(CCO)CCO[C@H]2C[C@@H](c3ccc(C(F)(F)F)cc3)C=C(C(=O)NC3CCCCC3)O2)cc1. The Balaban J connectivity index is 1.47. The van der Waals surface area contributed by atoms with Gasteiger partial charge >= 0.3 is 6.18 Å². The van der Waals surface area contributed by atoms with Gasteiger partial charge in [-0.25, -0.2) is 8.42 Å². The molecule has 0 spiro atoms. The number of alkyl halides is 3. The minimum atomic E-state index is -4.48. The molecule has 13 heteroatoms. The summed E-state index contributed by atoms with van der Waals surface area (Å²) < 4.78 is 83.7. The zero-order valence-corrected chi connectivity index (χ0v) is 24.7. The molecule has 1 aliphatic heterocycles. The van der Waals surface area contributed by atoms with E-state index in [2.05, 4.69) is 5.32 Å². The number of hydrogen-bond acceptors (Lipinski definition) is 7. The summed E-state index contributed by atoms with van der Waals surface area (Å²) in [5, 5.41) is 12.5. The van der Waals surface area contributed by atoms with Crippen molar-refractivity contribution in [2.75, 3.05) is 33.4 Å². The Morgan fingerprint density at radius 1 is 1.05 bits per heavy atom. The average molecular weight is 627 g/mol. The topological polar surface area (TPSA) is 114 Å². The summed E-state index contributed by atoms with van der Waals surface area (Å²) in [6.07, 6.45) is 1.16. The molecular weight excluding hydrogens is 589 g/mol. The van der Waals surface area contributed by atoms with E-state index in [-0.39, 0.29) is 42.8 Å². The smallest absolute Gasteiger partial charge is 0.416 e. The molecule has 2 N–H and O–H groups in total. The van der Waals surface area contributed by atoms with Crippen LogP contribution in [0.5, 0.6) is 5.75 Å². The third-order valence-corrected chi connectivity index (χ3v) is 9.49. The maximum Gasteiger partial charge on any atom is 0.416 e. The van der Waals surface area contributed by atoms with Crippen molar-refractivity contribution in [3.05, 3.63) is 71.5 Å². The minimum absolute atomic E-state index is 0.00444. The maximum atomic E-state index is 13.2. The van der Waals surface area contributed by atoms with E-state index in [0.29, 0.717) is 11.3 Å². The summed E-state index contributed by atoms with van der Waals surface area (Å²) in [4.78, 5) is 13.2. The average Bonchev–Trinajstić information content (AvgIpc) is 3.00. The van der Waals surface area contributed by atoms with E-state index in [4.69, 9.17) is 14.2 Å². The highest BCUT2D eigenvalue weighted by molar-refractivity contribution is 7.89. The maximum absolute atomic E-state index is 13.2. The molecule has 1 aliphatic carbocycles. The van der Waals surface area contributed by atoms with E-state index in [1.54, 1.807) is 6.08 Å². The van der Waals surface area contributed by atoms with Crippen LogP contribution < -0.4 is 10.1 Å². The molecule has 43 heavy (non-hydrogen) atoms. The van der Waals surface area contributed by atoms with E-state index < -0.39 is 46.5 Å². The predicted octanol–water partition coefficient (Wildman–Crippen LogP) is 4.58. The number of aliphatic hydroxyl groups excluding tert-OH is 1. The fourth-order valence-corrected chi connectivity index (χ4v) is 6.63. The summed E-state index contributed by atoms with van der Waals surface area (Å²) in [5.41, 5.74) is -0.228. The molecule has 2 atom stereocenters. The zero-order chi connectivity index (χ0) is 31.0. The van der Waals surface area contributed by atoms with Gasteiger partial charge in [-0.3, -0.25) is 4.79 Å². The number of carbonyl (C=O) groups excluding carboxylic acids is 1. The lowest BCUT2D eigenvalue weighted by atomic mass is 9.91. The van der Waals surface area contributed by atoms with E-state index in [1.807, 2.05) is 0 Å². The van der Waals surface area contributed by atoms with Crippen molar-refractivity contribution < 1.29 is 45.7 Å². The molecule has 1 saturated carbocycles. The number of nitrogens with zero attached hydrogens (tertiary/aromatic N) is 1. The number of rotatable bonds is 12. The minimum Gasteiger partial charge on any atom is -0.497 e. The van der Waals surface area contributed by atoms with Crippen LogP contribution in [-0.2, 0) is 30.5 Å². The van der Waals surface area contributed by atoms with Crippen molar-refractivity contribution in [3.8, 4) is 5.75 Å². The Morgan fingerprint density at radius 3 is 2.33 bits per heavy atom. The number of allylic oxidation sites excluding steroid dienone is 1. The molecule has 1 amide bonds. The van der Waals surface area contributed by atoms with Gasteiger partial charge in [0.2, 0.25) is 16.3 Å². The van der Waals surface area contributed by atoms with Gasteiger partial charge in [0.25, 0.3) is 5.91 Å². The van der Waals surface area contributed by atoms with Gasteiger partial charge in [0.15, 0.2) is 5.76 Å². The second-order valence-corrected chi connectivity index (χ2v) is 12.5. The summed E-state index contributed by atoms with van der Waals surface area (Å²) in [6, 6.07) is 10.6. The van der Waals surface area contributed by atoms with Crippen molar-refractivity contribution in [1.82, 2.24) is 9.62 Å². The monoisotopic (exact) mass is 626 g/mol. The Labute approximate surface area is 249 Å². The summed E-state index contributed by atoms with van der Waals surface area (Å²) in [5.74, 6) is -0.417. The van der Waals surface area contributed by atoms with Gasteiger partial charge in [-0.15, -0.1) is 0 Å². The van der Waals surface area contributed by atoms with Crippen LogP contribution >= 0.6 is 0 Å². The summed E-state index contributed by atoms with van der Waals surface area (Å²) >= 11 is 0. The lowest BCUT2D eigenvalue weighted by molar-refractivity contribution is -0.147. The van der Waals surface area contributed by atoms with Crippen LogP contribution in [0, 0.1) is 0 Å². The van der Waals surface area contributed by atoms with Crippen molar-refractivity contribution >= 4 is 15.9 Å². The fourth-order valence-electron chi connectivity index (χ4n) is 5.22. The van der Waals surface area contributed by atoms with E-state index in [1.165, 1.54) is 43.5 Å². The fraction of sp³-hybridized carbons (Fsp3) is 0.500. The molecule has 1 heterocycles. The van der Waals surface area contributed by atoms with Crippen LogP contribution in [0.4, 0.5) is 13.2 Å². The standard InChI is InChI=1S/C30H37F3N2O7S/c1-40-25-11-13-26(14-12-25)43(38,39)35(15-17-36)16-18-41-28-20-22(21-7-9-23(10-8-21)30(31,32)33)19-27(42-28)29(37)34-24-5-3-2-4-6-24/h7-14,19,22,24,28,36H,2-6,15-18,20H2,1H3,(H,34,37)/t22-,28+/m0/s1. The number of hydrogen-bond donors (Lipinski definition) is 2. The summed E-state index contributed by atoms with van der Waals surface area (Å²) in [7, 11) is -2.51. The van der Waals surface area contributed by atoms with Crippen LogP contribution in [-0.4, -0.2) is 69.5 Å². The van der Waals surface area contributed by atoms with Crippen molar-refractivity contribution in [2.45, 2.75) is 67.8 Å². The van der Waals surface area contributed by atoms with Gasteiger partial charge in [-0.1, -0.05) is 31.4 Å². The number of carbonyl (C=O) groups is 1. The van der Waals surface area contributed by atoms with Gasteiger partial charge in [0.1, 0.15) is 5.75 Å². The predicted molar refractivity (Wildman–Crippen MR) is 152 cm³/mol. The van der Waals surface area contributed by atoms with Crippen LogP contribution in [0.15, 0.2) is 65.3 Å². The van der Waals surface area contributed by atoms with Crippen molar-refractivity contribution in [1.29, 1.82) is 0 Å². The number of halogens is 3. The van der Waals surface area contributed by atoms with E-state index in [9.17, 15) is 31.5 Å². The second-order valence-electron chi connectivity index (χ2n) is 10.5. The molecule has 1 fully saturated rings. The van der Waals surface area contributed by atoms with Gasteiger partial charge in [0.05, 0.1) is 30.8 Å². The molecule has 4 rings (SSSR count). The van der Waals surface area contributed by atoms with Gasteiger partial charge < -0.3 is 24.6 Å². The number of nitrogens with one attached hydrogen (secondary N) is 1. The lowest BCUT2D eigenvalue weighted by Crippen LogP contribution is -2.40. The summed E-state index contributed by atoms with van der Waals surface area (Å²) in [6.45, 7) is -0.837. The highest BCUT2D eigenvalue weighted by Gasteiger charge is 2.33. The highest BCUT2D eigenvalue weighted by atomic mass is 32.2. The second kappa shape index (κ2) is 14.6. The first-order valence-corrected chi connectivity index (χ1v) is 15.7. The molecule has 9 nitrogen and oxygen atoms in total. The van der Waals surface area contributed by atoms with Crippen LogP contribution in [0.1, 0.15) is 55.6 Å². The molecule has 0 aromatic heterocycles. The Bertz CT molecular complexity index is 1340. The third kappa shape index (κ3) is 8.71. The molecule has 2 aromatic carbocycles. The van der Waals surface area contributed by atoms with Crippen molar-refractivity contribution in [2.24, 2.45) is 0 Å². The van der Waals surface area contributed by atoms with Gasteiger partial charge in [-0.2, -0.15) is 17.5 Å². The molecular formula is C30H37F3N2O7S. The van der Waals surface area contributed by atoms with Gasteiger partial charge in [-0.05, 0) is 60.9 Å². The van der Waals surface area contributed by atoms with Gasteiger partial charge in [0, 0.05) is 31.5 Å². The highest BCUT2D eigenvalue weighted by Crippen LogP contribution is 2.35. The number of benzene rings is 2. The largest absolute Gasteiger partial charge is 0.497 e. The molecule has 0 saturated heterocycles. The quantitative estimate of drug-likeness (QED) is 0.355. The first-order chi connectivity index (χ1) is 20.5. The number of aliphatic hydroxyl groups is 1. The van der Waals surface area contributed by atoms with E-state index in [0.717, 1.165) is 48.5 Å². The molecule has 2 aliphatic rings. The van der Waals surface area contributed by atoms with Crippen LogP contribution in [0.3, 0.4) is 0 Å². The Hall–Kier alpha value is -3.13. The van der Waals surface area contributed by atoms with Crippen molar-refractivity contribution in [3.63, 3.8) is 0 Å². The normalized spacial score (nSPS) is 19.9. The lowest BCUT2D eigenvalue weighted by Gasteiger charge is -2.31. The molecule has 0 bridgehead atoms. The first-order valence-electron chi connectivity index (χ1n) is 14.2. The Morgan fingerprint density at radius 2 is 1.72 bits per heavy atom. The Kier molecular flexibility index (Phi) is 11.1. The van der Waals surface area contributed by atoms with Crippen LogP contribution in [0.25, 0.3) is 0 Å². The number of methoxy groups -OCH3 is 1. The molecule has 236 valence electrons.